The molecule has 0 bridgehead atoms. The Bertz CT molecular complexity index is 325. The Hall–Kier alpha value is -1.30. The molecule has 1 fully saturated rings. The Balaban J connectivity index is 2.63. The van der Waals surface area contributed by atoms with Gasteiger partial charge in [0.25, 0.3) is 0 Å². The molecule has 0 aliphatic carbocycles. The van der Waals surface area contributed by atoms with Gasteiger partial charge in [0, 0.05) is 13.1 Å². The van der Waals surface area contributed by atoms with Gasteiger partial charge in [0.05, 0.1) is 12.2 Å². The third kappa shape index (κ3) is 4.38. The first kappa shape index (κ1) is 15.8. The van der Waals surface area contributed by atoms with E-state index < -0.39 is 12.0 Å². The lowest BCUT2D eigenvalue weighted by Gasteiger charge is -2.36. The van der Waals surface area contributed by atoms with E-state index in [4.69, 9.17) is 9.84 Å². The average Bonchev–Trinajstić information content (AvgIpc) is 2.33. The fourth-order valence-corrected chi connectivity index (χ4v) is 2.25. The highest BCUT2D eigenvalue weighted by atomic mass is 16.5. The van der Waals surface area contributed by atoms with E-state index in [0.29, 0.717) is 19.5 Å². The van der Waals surface area contributed by atoms with E-state index in [0.717, 1.165) is 0 Å². The van der Waals surface area contributed by atoms with Crippen molar-refractivity contribution in [1.29, 1.82) is 0 Å². The van der Waals surface area contributed by atoms with Crippen LogP contribution in [0, 0.1) is 5.92 Å². The van der Waals surface area contributed by atoms with Crippen molar-refractivity contribution in [2.75, 3.05) is 13.1 Å². The number of carbonyl (C=O) groups is 2. The second kappa shape index (κ2) is 6.75. The molecule has 1 saturated heterocycles. The summed E-state index contributed by atoms with van der Waals surface area (Å²) >= 11 is 0. The van der Waals surface area contributed by atoms with Crippen LogP contribution in [0.1, 0.15) is 34.1 Å². The van der Waals surface area contributed by atoms with Gasteiger partial charge in [-0.25, -0.2) is 9.59 Å². The molecule has 0 spiro atoms. The number of nitrogens with zero attached hydrogens (tertiary/aromatic N) is 1. The molecule has 2 N–H and O–H groups in total. The van der Waals surface area contributed by atoms with Crippen LogP contribution in [0.5, 0.6) is 0 Å². The quantitative estimate of drug-likeness (QED) is 0.808. The molecule has 1 heterocycles. The van der Waals surface area contributed by atoms with Gasteiger partial charge in [0.2, 0.25) is 0 Å². The molecule has 6 nitrogen and oxygen atoms in total. The summed E-state index contributed by atoms with van der Waals surface area (Å²) < 4.78 is 5.55. The van der Waals surface area contributed by atoms with E-state index in [1.54, 1.807) is 4.90 Å². The predicted octanol–water partition coefficient (Wildman–Crippen LogP) is 1.30. The Labute approximate surface area is 114 Å². The van der Waals surface area contributed by atoms with Crippen LogP contribution in [0.4, 0.5) is 4.79 Å². The normalized spacial score (nSPS) is 26.6. The number of rotatable bonds is 4. The summed E-state index contributed by atoms with van der Waals surface area (Å²) in [4.78, 5) is 24.9. The van der Waals surface area contributed by atoms with Gasteiger partial charge in [0.1, 0.15) is 6.04 Å². The van der Waals surface area contributed by atoms with E-state index in [-0.39, 0.29) is 24.2 Å². The smallest absolute Gasteiger partial charge is 0.326 e. The molecule has 0 aromatic carbocycles. The molecular weight excluding hydrogens is 248 g/mol. The minimum Gasteiger partial charge on any atom is -0.480 e. The lowest BCUT2D eigenvalue weighted by molar-refractivity contribution is -0.140. The van der Waals surface area contributed by atoms with Crippen LogP contribution in [-0.4, -0.2) is 53.3 Å². The van der Waals surface area contributed by atoms with Crippen molar-refractivity contribution in [3.8, 4) is 0 Å². The summed E-state index contributed by atoms with van der Waals surface area (Å²) in [5, 5.41) is 11.8. The van der Waals surface area contributed by atoms with Crippen LogP contribution >= 0.6 is 0 Å². The van der Waals surface area contributed by atoms with Crippen LogP contribution in [0.2, 0.25) is 0 Å². The molecule has 19 heavy (non-hydrogen) atoms. The third-order valence-corrected chi connectivity index (χ3v) is 3.46. The zero-order valence-electron chi connectivity index (χ0n) is 12.0. The number of carbonyl (C=O) groups excluding carboxylic acids is 1. The van der Waals surface area contributed by atoms with Crippen LogP contribution < -0.4 is 5.32 Å². The maximum atomic E-state index is 12.1. The molecule has 0 saturated carbocycles. The number of aliphatic carboxylic acids is 1. The minimum atomic E-state index is -0.989. The Morgan fingerprint density at radius 2 is 1.89 bits per heavy atom. The molecule has 2 amide bonds. The molecule has 1 aliphatic rings. The van der Waals surface area contributed by atoms with E-state index in [1.165, 1.54) is 0 Å². The average molecular weight is 272 g/mol. The van der Waals surface area contributed by atoms with E-state index >= 15 is 0 Å². The van der Waals surface area contributed by atoms with Crippen molar-refractivity contribution in [3.05, 3.63) is 0 Å². The first-order valence-corrected chi connectivity index (χ1v) is 6.78. The van der Waals surface area contributed by atoms with Gasteiger partial charge < -0.3 is 20.1 Å². The molecule has 0 aromatic rings. The lowest BCUT2D eigenvalue weighted by Crippen LogP contribution is -2.55. The Morgan fingerprint density at radius 3 is 2.32 bits per heavy atom. The number of morpholine rings is 1. The number of carboxylic acid groups (broad SMARTS) is 1. The van der Waals surface area contributed by atoms with Crippen molar-refractivity contribution in [1.82, 2.24) is 10.2 Å². The zero-order chi connectivity index (χ0) is 14.6. The topological polar surface area (TPSA) is 78.9 Å². The number of nitrogens with one attached hydrogen (secondary N) is 1. The van der Waals surface area contributed by atoms with Crippen molar-refractivity contribution >= 4 is 12.0 Å². The number of hydrogen-bond donors (Lipinski definition) is 2. The molecule has 6 heteroatoms. The molecular formula is C13H24N2O4. The van der Waals surface area contributed by atoms with E-state index in [9.17, 15) is 9.59 Å². The Kier molecular flexibility index (Phi) is 5.60. The summed E-state index contributed by atoms with van der Waals surface area (Å²) in [6.07, 6.45) is 0.649. The highest BCUT2D eigenvalue weighted by Crippen LogP contribution is 2.13. The number of carboxylic acids is 1. The highest BCUT2D eigenvalue weighted by Gasteiger charge is 2.30. The molecule has 110 valence electrons. The standard InChI is InChI=1S/C13H24N2O4/c1-5-8(2)11(12(16)17)14-13(18)15-6-9(3)19-10(4)7-15/h8-11H,5-7H2,1-4H3,(H,14,18)(H,16,17)/t8?,9-,10+,11-/m0/s1. The maximum absolute atomic E-state index is 12.1. The fourth-order valence-electron chi connectivity index (χ4n) is 2.25. The second-order valence-corrected chi connectivity index (χ2v) is 5.31. The van der Waals surface area contributed by atoms with Gasteiger partial charge in [-0.15, -0.1) is 0 Å². The minimum absolute atomic E-state index is 0.0265. The number of ether oxygens (including phenoxy) is 1. The molecule has 1 rings (SSSR count). The fraction of sp³-hybridized carbons (Fsp3) is 0.846. The monoisotopic (exact) mass is 272 g/mol. The van der Waals surface area contributed by atoms with Crippen molar-refractivity contribution < 1.29 is 19.4 Å². The van der Waals surface area contributed by atoms with E-state index in [1.807, 2.05) is 27.7 Å². The first-order chi connectivity index (χ1) is 8.85. The third-order valence-electron chi connectivity index (χ3n) is 3.46. The second-order valence-electron chi connectivity index (χ2n) is 5.31. The van der Waals surface area contributed by atoms with Crippen LogP contribution in [0.15, 0.2) is 0 Å². The summed E-state index contributed by atoms with van der Waals surface area (Å²) in [6, 6.07) is -1.17. The van der Waals surface area contributed by atoms with Gasteiger partial charge in [-0.2, -0.15) is 0 Å². The summed E-state index contributed by atoms with van der Waals surface area (Å²) in [5.41, 5.74) is 0. The largest absolute Gasteiger partial charge is 0.480 e. The lowest BCUT2D eigenvalue weighted by atomic mass is 9.99. The van der Waals surface area contributed by atoms with Crippen LogP contribution in [0.25, 0.3) is 0 Å². The SMILES string of the molecule is CCC(C)[C@H](NC(=O)N1C[C@@H](C)O[C@@H](C)C1)C(=O)O. The first-order valence-electron chi connectivity index (χ1n) is 6.78. The molecule has 0 aromatic heterocycles. The predicted molar refractivity (Wildman–Crippen MR) is 71.0 cm³/mol. The molecule has 1 aliphatic heterocycles. The maximum Gasteiger partial charge on any atom is 0.326 e. The molecule has 0 radical (unpaired) electrons. The Morgan fingerprint density at radius 1 is 1.37 bits per heavy atom. The van der Waals surface area contributed by atoms with Gasteiger partial charge in [0.15, 0.2) is 0 Å². The zero-order valence-corrected chi connectivity index (χ0v) is 12.0. The number of hydrogen-bond acceptors (Lipinski definition) is 3. The van der Waals surface area contributed by atoms with Crippen LogP contribution in [-0.2, 0) is 9.53 Å². The molecule has 4 atom stereocenters. The van der Waals surface area contributed by atoms with Gasteiger partial charge >= 0.3 is 12.0 Å². The van der Waals surface area contributed by atoms with E-state index in [2.05, 4.69) is 5.32 Å². The number of urea groups is 1. The summed E-state index contributed by atoms with van der Waals surface area (Å²) in [7, 11) is 0. The van der Waals surface area contributed by atoms with Gasteiger partial charge in [-0.05, 0) is 19.8 Å². The van der Waals surface area contributed by atoms with Crippen molar-refractivity contribution in [2.45, 2.75) is 52.4 Å². The number of amides is 2. The molecule has 1 unspecified atom stereocenters. The van der Waals surface area contributed by atoms with Crippen molar-refractivity contribution in [2.24, 2.45) is 5.92 Å². The van der Waals surface area contributed by atoms with Gasteiger partial charge in [-0.3, -0.25) is 0 Å². The van der Waals surface area contributed by atoms with Crippen molar-refractivity contribution in [3.63, 3.8) is 0 Å². The summed E-state index contributed by atoms with van der Waals surface area (Å²) in [5.74, 6) is -1.09. The van der Waals surface area contributed by atoms with Crippen LogP contribution in [0.3, 0.4) is 0 Å². The highest BCUT2D eigenvalue weighted by molar-refractivity contribution is 5.82. The van der Waals surface area contributed by atoms with Gasteiger partial charge in [-0.1, -0.05) is 20.3 Å². The summed E-state index contributed by atoms with van der Waals surface area (Å²) in [6.45, 7) is 8.51.